The maximum Gasteiger partial charge on any atom is 0.146 e. The molecule has 1 aromatic heterocycles. The molecule has 2 atom stereocenters. The SMILES string of the molecule is Cc1nnc(CN2CCN(CCO[C@@H]3CCCC[C@H]3C)CC2)n1C. The van der Waals surface area contributed by atoms with Gasteiger partial charge in [0, 0.05) is 39.8 Å². The van der Waals surface area contributed by atoms with E-state index in [1.165, 1.54) is 25.7 Å². The van der Waals surface area contributed by atoms with E-state index in [1.807, 2.05) is 14.0 Å². The van der Waals surface area contributed by atoms with Gasteiger partial charge in [-0.3, -0.25) is 9.80 Å². The van der Waals surface area contributed by atoms with E-state index in [-0.39, 0.29) is 0 Å². The minimum absolute atomic E-state index is 0.499. The third-order valence-corrected chi connectivity index (χ3v) is 5.78. The molecular formula is C18H33N5O. The van der Waals surface area contributed by atoms with Gasteiger partial charge < -0.3 is 9.30 Å². The van der Waals surface area contributed by atoms with Gasteiger partial charge in [-0.15, -0.1) is 10.2 Å². The highest BCUT2D eigenvalue weighted by atomic mass is 16.5. The first-order valence-electron chi connectivity index (χ1n) is 9.54. The number of aromatic nitrogens is 3. The van der Waals surface area contributed by atoms with Crippen LogP contribution in [0.5, 0.6) is 0 Å². The van der Waals surface area contributed by atoms with E-state index in [2.05, 4.69) is 31.5 Å². The van der Waals surface area contributed by atoms with Crippen LogP contribution in [0.25, 0.3) is 0 Å². The molecule has 1 saturated heterocycles. The largest absolute Gasteiger partial charge is 0.377 e. The van der Waals surface area contributed by atoms with Crippen LogP contribution in [-0.2, 0) is 18.3 Å². The molecule has 6 heteroatoms. The van der Waals surface area contributed by atoms with Crippen molar-refractivity contribution in [3.8, 4) is 0 Å². The van der Waals surface area contributed by atoms with Crippen molar-refractivity contribution in [2.24, 2.45) is 13.0 Å². The van der Waals surface area contributed by atoms with Gasteiger partial charge in [0.1, 0.15) is 11.6 Å². The quantitative estimate of drug-likeness (QED) is 0.794. The summed E-state index contributed by atoms with van der Waals surface area (Å²) in [5.74, 6) is 2.79. The molecule has 24 heavy (non-hydrogen) atoms. The number of nitrogens with zero attached hydrogens (tertiary/aromatic N) is 5. The smallest absolute Gasteiger partial charge is 0.146 e. The molecule has 0 aromatic carbocycles. The Morgan fingerprint density at radius 2 is 1.75 bits per heavy atom. The Morgan fingerprint density at radius 1 is 1.04 bits per heavy atom. The van der Waals surface area contributed by atoms with Crippen LogP contribution in [0.4, 0.5) is 0 Å². The maximum atomic E-state index is 6.16. The van der Waals surface area contributed by atoms with Crippen molar-refractivity contribution >= 4 is 0 Å². The van der Waals surface area contributed by atoms with Crippen molar-refractivity contribution in [1.29, 1.82) is 0 Å². The lowest BCUT2D eigenvalue weighted by Crippen LogP contribution is -2.47. The highest BCUT2D eigenvalue weighted by molar-refractivity contribution is 4.93. The molecule has 6 nitrogen and oxygen atoms in total. The molecule has 0 amide bonds. The number of rotatable bonds is 6. The lowest BCUT2D eigenvalue weighted by Gasteiger charge is -2.35. The summed E-state index contributed by atoms with van der Waals surface area (Å²) in [4.78, 5) is 5.01. The fourth-order valence-corrected chi connectivity index (χ4v) is 3.82. The van der Waals surface area contributed by atoms with Gasteiger partial charge in [-0.05, 0) is 25.7 Å². The van der Waals surface area contributed by atoms with Crippen LogP contribution < -0.4 is 0 Å². The Hall–Kier alpha value is -0.980. The van der Waals surface area contributed by atoms with Crippen molar-refractivity contribution in [1.82, 2.24) is 24.6 Å². The summed E-state index contributed by atoms with van der Waals surface area (Å²) in [5.41, 5.74) is 0. The predicted molar refractivity (Wildman–Crippen MR) is 94.8 cm³/mol. The molecular weight excluding hydrogens is 302 g/mol. The van der Waals surface area contributed by atoms with Gasteiger partial charge in [-0.1, -0.05) is 19.8 Å². The minimum atomic E-state index is 0.499. The van der Waals surface area contributed by atoms with Gasteiger partial charge in [0.25, 0.3) is 0 Å². The molecule has 2 fully saturated rings. The van der Waals surface area contributed by atoms with E-state index in [9.17, 15) is 0 Å². The summed E-state index contributed by atoms with van der Waals surface area (Å²) in [7, 11) is 2.05. The molecule has 1 aliphatic heterocycles. The number of ether oxygens (including phenoxy) is 1. The lowest BCUT2D eigenvalue weighted by atomic mass is 9.88. The van der Waals surface area contributed by atoms with Crippen LogP contribution in [-0.4, -0.2) is 70.0 Å². The van der Waals surface area contributed by atoms with Gasteiger partial charge in [0.15, 0.2) is 0 Å². The second-order valence-corrected chi connectivity index (χ2v) is 7.51. The third kappa shape index (κ3) is 4.55. The van der Waals surface area contributed by atoms with Crippen LogP contribution >= 0.6 is 0 Å². The Labute approximate surface area is 146 Å². The first-order valence-corrected chi connectivity index (χ1v) is 9.54. The summed E-state index contributed by atoms with van der Waals surface area (Å²) in [6.45, 7) is 11.7. The van der Waals surface area contributed by atoms with Crippen molar-refractivity contribution in [2.45, 2.75) is 52.2 Å². The topological polar surface area (TPSA) is 46.4 Å². The molecule has 2 heterocycles. The minimum Gasteiger partial charge on any atom is -0.377 e. The Bertz CT molecular complexity index is 510. The Balaban J connectivity index is 1.34. The van der Waals surface area contributed by atoms with Gasteiger partial charge in [0.2, 0.25) is 0 Å². The number of aryl methyl sites for hydroxylation is 1. The van der Waals surface area contributed by atoms with Crippen LogP contribution in [0.2, 0.25) is 0 Å². The van der Waals surface area contributed by atoms with Crippen LogP contribution in [0.1, 0.15) is 44.3 Å². The van der Waals surface area contributed by atoms with E-state index >= 15 is 0 Å². The molecule has 0 radical (unpaired) electrons. The lowest BCUT2D eigenvalue weighted by molar-refractivity contribution is -0.0183. The maximum absolute atomic E-state index is 6.16. The molecule has 1 saturated carbocycles. The molecule has 0 unspecified atom stereocenters. The third-order valence-electron chi connectivity index (χ3n) is 5.78. The molecule has 0 N–H and O–H groups in total. The van der Waals surface area contributed by atoms with E-state index in [1.54, 1.807) is 0 Å². The summed E-state index contributed by atoms with van der Waals surface area (Å²) >= 11 is 0. The summed E-state index contributed by atoms with van der Waals surface area (Å²) in [5, 5.41) is 8.42. The molecule has 1 aromatic rings. The summed E-state index contributed by atoms with van der Waals surface area (Å²) < 4.78 is 8.25. The average molecular weight is 335 g/mol. The Morgan fingerprint density at radius 3 is 2.42 bits per heavy atom. The molecule has 2 aliphatic rings. The van der Waals surface area contributed by atoms with Crippen molar-refractivity contribution in [3.05, 3.63) is 11.6 Å². The highest BCUT2D eigenvalue weighted by Crippen LogP contribution is 2.26. The van der Waals surface area contributed by atoms with Crippen LogP contribution in [0.3, 0.4) is 0 Å². The zero-order valence-electron chi connectivity index (χ0n) is 15.6. The number of hydrogen-bond acceptors (Lipinski definition) is 5. The first kappa shape index (κ1) is 17.8. The molecule has 0 bridgehead atoms. The number of hydrogen-bond donors (Lipinski definition) is 0. The fourth-order valence-electron chi connectivity index (χ4n) is 3.82. The van der Waals surface area contributed by atoms with E-state index in [0.29, 0.717) is 6.10 Å². The van der Waals surface area contributed by atoms with Crippen molar-refractivity contribution < 1.29 is 4.74 Å². The molecule has 0 spiro atoms. The van der Waals surface area contributed by atoms with Crippen molar-refractivity contribution in [2.75, 3.05) is 39.3 Å². The summed E-state index contributed by atoms with van der Waals surface area (Å²) in [6.07, 6.45) is 5.82. The van der Waals surface area contributed by atoms with E-state index in [4.69, 9.17) is 4.74 Å². The standard InChI is InChI=1S/C18H33N5O/c1-15-6-4-5-7-17(15)24-13-12-22-8-10-23(11-9-22)14-18-20-19-16(2)21(18)3/h15,17H,4-14H2,1-3H3/t15-,17-/m1/s1. The first-order chi connectivity index (χ1) is 11.6. The predicted octanol–water partition coefficient (Wildman–Crippen LogP) is 1.84. The molecule has 136 valence electrons. The monoisotopic (exact) mass is 335 g/mol. The Kier molecular flexibility index (Phi) is 6.25. The van der Waals surface area contributed by atoms with Gasteiger partial charge >= 0.3 is 0 Å². The fraction of sp³-hybridized carbons (Fsp3) is 0.889. The zero-order valence-corrected chi connectivity index (χ0v) is 15.6. The van der Waals surface area contributed by atoms with E-state index in [0.717, 1.165) is 63.4 Å². The second-order valence-electron chi connectivity index (χ2n) is 7.51. The highest BCUT2D eigenvalue weighted by Gasteiger charge is 2.23. The summed E-state index contributed by atoms with van der Waals surface area (Å²) in [6, 6.07) is 0. The van der Waals surface area contributed by atoms with Crippen LogP contribution in [0, 0.1) is 12.8 Å². The van der Waals surface area contributed by atoms with Crippen LogP contribution in [0.15, 0.2) is 0 Å². The zero-order chi connectivity index (χ0) is 16.9. The molecule has 3 rings (SSSR count). The van der Waals surface area contributed by atoms with Gasteiger partial charge in [-0.2, -0.15) is 0 Å². The van der Waals surface area contributed by atoms with Gasteiger partial charge in [-0.25, -0.2) is 0 Å². The second kappa shape index (κ2) is 8.41. The normalized spacial score (nSPS) is 26.8. The number of piperazine rings is 1. The van der Waals surface area contributed by atoms with Gasteiger partial charge in [0.05, 0.1) is 19.3 Å². The van der Waals surface area contributed by atoms with Crippen molar-refractivity contribution in [3.63, 3.8) is 0 Å². The molecule has 1 aliphatic carbocycles. The average Bonchev–Trinajstić information content (AvgIpc) is 2.90. The van der Waals surface area contributed by atoms with E-state index < -0.39 is 0 Å².